The van der Waals surface area contributed by atoms with E-state index in [0.29, 0.717) is 72.2 Å². The topological polar surface area (TPSA) is 83.1 Å². The van der Waals surface area contributed by atoms with E-state index in [1.165, 1.54) is 0 Å². The van der Waals surface area contributed by atoms with Crippen molar-refractivity contribution in [1.29, 1.82) is 0 Å². The van der Waals surface area contributed by atoms with Crippen molar-refractivity contribution in [2.24, 2.45) is 5.92 Å². The molecule has 1 N–H and O–H groups in total. The number of amides is 1. The van der Waals surface area contributed by atoms with Crippen LogP contribution < -0.4 is 5.32 Å². The standard InChI is InChI=1S/C17H33NO6.C2H6.H2/c1-4-16(19)5-7-21-9-11-23-13-14-24-12-10-22-8-6-18-17(20)15(2)3;1-2;/h15H,4-14H2,1-3H3,(H,18,20);1-2H3;1H. The summed E-state index contributed by atoms with van der Waals surface area (Å²) in [6.45, 7) is 14.0. The van der Waals surface area contributed by atoms with Gasteiger partial charge in [-0.15, -0.1) is 0 Å². The minimum Gasteiger partial charge on any atom is -0.379 e. The van der Waals surface area contributed by atoms with E-state index in [9.17, 15) is 9.59 Å². The average Bonchev–Trinajstić information content (AvgIpc) is 2.65. The highest BCUT2D eigenvalue weighted by atomic mass is 16.6. The van der Waals surface area contributed by atoms with Crippen LogP contribution in [-0.2, 0) is 28.5 Å². The molecular weight excluding hydrogens is 338 g/mol. The summed E-state index contributed by atoms with van der Waals surface area (Å²) in [6, 6.07) is 0. The van der Waals surface area contributed by atoms with Crippen LogP contribution in [0.3, 0.4) is 0 Å². The molecule has 0 saturated carbocycles. The summed E-state index contributed by atoms with van der Waals surface area (Å²) >= 11 is 0. The van der Waals surface area contributed by atoms with Crippen molar-refractivity contribution in [2.75, 3.05) is 59.4 Å². The van der Waals surface area contributed by atoms with Gasteiger partial charge in [-0.05, 0) is 0 Å². The maximum absolute atomic E-state index is 11.3. The second-order valence-electron chi connectivity index (χ2n) is 5.54. The van der Waals surface area contributed by atoms with Crippen LogP contribution in [0.25, 0.3) is 0 Å². The summed E-state index contributed by atoms with van der Waals surface area (Å²) in [6.07, 6.45) is 1.04. The first kappa shape index (κ1) is 27.2. The molecule has 7 nitrogen and oxygen atoms in total. The number of nitrogens with one attached hydrogen (secondary N) is 1. The SMILES string of the molecule is CC.CCC(=O)CCOCCOCCOCCOCCNC(=O)C(C)C.[HH]. The highest BCUT2D eigenvalue weighted by Gasteiger charge is 2.04. The molecule has 0 rings (SSSR count). The second kappa shape index (κ2) is 22.0. The summed E-state index contributed by atoms with van der Waals surface area (Å²) in [4.78, 5) is 22.3. The number of ether oxygens (including phenoxy) is 4. The van der Waals surface area contributed by atoms with Crippen molar-refractivity contribution in [1.82, 2.24) is 5.32 Å². The maximum atomic E-state index is 11.3. The first-order valence-electron chi connectivity index (χ1n) is 9.68. The Kier molecular flexibility index (Phi) is 23.0. The van der Waals surface area contributed by atoms with E-state index >= 15 is 0 Å². The van der Waals surface area contributed by atoms with Gasteiger partial charge in [0.2, 0.25) is 5.91 Å². The Morgan fingerprint density at radius 2 is 1.23 bits per heavy atom. The second-order valence-corrected chi connectivity index (χ2v) is 5.54. The molecule has 0 aromatic rings. The van der Waals surface area contributed by atoms with Gasteiger partial charge >= 0.3 is 0 Å². The first-order chi connectivity index (χ1) is 12.6. The van der Waals surface area contributed by atoms with Gasteiger partial charge in [-0.2, -0.15) is 0 Å². The van der Waals surface area contributed by atoms with Gasteiger partial charge < -0.3 is 24.3 Å². The van der Waals surface area contributed by atoms with Crippen LogP contribution in [0.4, 0.5) is 0 Å². The number of carbonyl (C=O) groups is 2. The lowest BCUT2D eigenvalue weighted by atomic mass is 10.2. The fourth-order valence-electron chi connectivity index (χ4n) is 1.58. The van der Waals surface area contributed by atoms with Crippen molar-refractivity contribution in [3.63, 3.8) is 0 Å². The summed E-state index contributed by atoms with van der Waals surface area (Å²) < 4.78 is 21.3. The maximum Gasteiger partial charge on any atom is 0.222 e. The van der Waals surface area contributed by atoms with Crippen LogP contribution in [0.5, 0.6) is 0 Å². The molecule has 0 aromatic heterocycles. The van der Waals surface area contributed by atoms with Gasteiger partial charge in [0.05, 0.1) is 52.9 Å². The van der Waals surface area contributed by atoms with Crippen LogP contribution in [0, 0.1) is 5.92 Å². The zero-order chi connectivity index (χ0) is 20.0. The number of Topliss-reactive ketones (excluding diaryl/α,β-unsaturated/α-hetero) is 1. The molecule has 158 valence electrons. The average molecular weight is 380 g/mol. The molecule has 0 saturated heterocycles. The zero-order valence-corrected chi connectivity index (χ0v) is 17.3. The molecule has 0 radical (unpaired) electrons. The van der Waals surface area contributed by atoms with Gasteiger partial charge in [-0.25, -0.2) is 0 Å². The van der Waals surface area contributed by atoms with Gasteiger partial charge in [0, 0.05) is 26.7 Å². The molecule has 0 aliphatic rings. The summed E-state index contributed by atoms with van der Waals surface area (Å²) in [5, 5.41) is 2.78. The van der Waals surface area contributed by atoms with Crippen molar-refractivity contribution in [2.45, 2.75) is 47.5 Å². The van der Waals surface area contributed by atoms with Crippen LogP contribution in [0.1, 0.15) is 48.9 Å². The monoisotopic (exact) mass is 379 g/mol. The smallest absolute Gasteiger partial charge is 0.222 e. The predicted molar refractivity (Wildman–Crippen MR) is 105 cm³/mol. The van der Waals surface area contributed by atoms with E-state index in [1.807, 2.05) is 34.6 Å². The molecule has 0 aromatic carbocycles. The van der Waals surface area contributed by atoms with E-state index in [4.69, 9.17) is 18.9 Å². The molecule has 0 atom stereocenters. The molecule has 0 unspecified atom stereocenters. The number of hydrogen-bond acceptors (Lipinski definition) is 6. The highest BCUT2D eigenvalue weighted by molar-refractivity contribution is 5.78. The highest BCUT2D eigenvalue weighted by Crippen LogP contribution is 1.91. The number of hydrogen-bond donors (Lipinski definition) is 1. The molecule has 26 heavy (non-hydrogen) atoms. The Morgan fingerprint density at radius 1 is 0.808 bits per heavy atom. The third-order valence-corrected chi connectivity index (χ3v) is 3.11. The summed E-state index contributed by atoms with van der Waals surface area (Å²) in [7, 11) is 0. The Hall–Kier alpha value is -1.02. The van der Waals surface area contributed by atoms with Crippen LogP contribution in [0.2, 0.25) is 0 Å². The Balaban J connectivity index is -0.00000185. The number of carbonyl (C=O) groups excluding carboxylic acids is 2. The van der Waals surface area contributed by atoms with Crippen LogP contribution >= 0.6 is 0 Å². The van der Waals surface area contributed by atoms with E-state index in [1.54, 1.807) is 0 Å². The Bertz CT molecular complexity index is 329. The van der Waals surface area contributed by atoms with Gasteiger partial charge in [0.1, 0.15) is 5.78 Å². The minimum atomic E-state index is -0.00225. The first-order valence-corrected chi connectivity index (χ1v) is 9.68. The zero-order valence-electron chi connectivity index (χ0n) is 17.3. The molecule has 0 bridgehead atoms. The largest absolute Gasteiger partial charge is 0.379 e. The number of ketones is 1. The van der Waals surface area contributed by atoms with E-state index in [2.05, 4.69) is 5.32 Å². The Morgan fingerprint density at radius 3 is 1.65 bits per heavy atom. The molecule has 0 aliphatic heterocycles. The third kappa shape index (κ3) is 21.0. The molecule has 0 spiro atoms. The van der Waals surface area contributed by atoms with Crippen molar-refractivity contribution >= 4 is 11.7 Å². The van der Waals surface area contributed by atoms with Crippen LogP contribution in [-0.4, -0.2) is 71.1 Å². The normalized spacial score (nSPS) is 10.4. The molecular formula is C19H41NO6. The van der Waals surface area contributed by atoms with Gasteiger partial charge in [0.25, 0.3) is 0 Å². The summed E-state index contributed by atoms with van der Waals surface area (Å²) in [5.41, 5.74) is 0. The summed E-state index contributed by atoms with van der Waals surface area (Å²) in [5.74, 6) is 0.249. The molecule has 0 heterocycles. The van der Waals surface area contributed by atoms with Gasteiger partial charge in [0.15, 0.2) is 0 Å². The third-order valence-electron chi connectivity index (χ3n) is 3.11. The lowest BCUT2D eigenvalue weighted by molar-refractivity contribution is -0.124. The van der Waals surface area contributed by atoms with Crippen LogP contribution in [0.15, 0.2) is 0 Å². The van der Waals surface area contributed by atoms with Gasteiger partial charge in [-0.1, -0.05) is 34.6 Å². The van der Waals surface area contributed by atoms with E-state index in [0.717, 1.165) is 0 Å². The van der Waals surface area contributed by atoms with Crippen molar-refractivity contribution in [3.8, 4) is 0 Å². The quantitative estimate of drug-likeness (QED) is 0.391. The van der Waals surface area contributed by atoms with Crippen molar-refractivity contribution < 1.29 is 30.0 Å². The van der Waals surface area contributed by atoms with Crippen molar-refractivity contribution in [3.05, 3.63) is 0 Å². The lowest BCUT2D eigenvalue weighted by Gasteiger charge is -2.09. The predicted octanol–water partition coefficient (Wildman–Crippen LogP) is 2.47. The molecule has 0 aliphatic carbocycles. The number of rotatable bonds is 17. The minimum absolute atomic E-state index is 0. The Labute approximate surface area is 160 Å². The fourth-order valence-corrected chi connectivity index (χ4v) is 1.58. The van der Waals surface area contributed by atoms with Gasteiger partial charge in [-0.3, -0.25) is 9.59 Å². The van der Waals surface area contributed by atoms with E-state index < -0.39 is 0 Å². The molecule has 1 amide bonds. The lowest BCUT2D eigenvalue weighted by Crippen LogP contribution is -2.31. The molecule has 7 heteroatoms. The molecule has 0 fully saturated rings. The van der Waals surface area contributed by atoms with E-state index in [-0.39, 0.29) is 19.0 Å². The fraction of sp³-hybridized carbons (Fsp3) is 0.895.